The van der Waals surface area contributed by atoms with Crippen molar-refractivity contribution in [2.24, 2.45) is 0 Å². The molecular weight excluding hydrogens is 270 g/mol. The summed E-state index contributed by atoms with van der Waals surface area (Å²) in [5, 5.41) is 9.48. The van der Waals surface area contributed by atoms with Gasteiger partial charge in [0.05, 0.1) is 6.54 Å². The van der Waals surface area contributed by atoms with E-state index in [1.54, 1.807) is 11.6 Å². The molecule has 0 aliphatic rings. The minimum absolute atomic E-state index is 0.120. The molecule has 10 heteroatoms. The maximum Gasteiger partial charge on any atom is 0.270 e. The summed E-state index contributed by atoms with van der Waals surface area (Å²) in [6, 6.07) is 0. The number of nitrogens with zero attached hydrogens (tertiary/aromatic N) is 3. The van der Waals surface area contributed by atoms with Gasteiger partial charge in [-0.15, -0.1) is 21.5 Å². The number of aromatic nitrogens is 3. The number of nitrogens with two attached hydrogens (primary N) is 1. The molecule has 16 heavy (non-hydrogen) atoms. The summed E-state index contributed by atoms with van der Waals surface area (Å²) in [6.07, 6.45) is 1.61. The van der Waals surface area contributed by atoms with Gasteiger partial charge in [0.25, 0.3) is 10.0 Å². The molecule has 3 N–H and O–H groups in total. The van der Waals surface area contributed by atoms with Gasteiger partial charge in [0.2, 0.25) is 9.47 Å². The Labute approximate surface area is 99.4 Å². The highest BCUT2D eigenvalue weighted by atomic mass is 32.2. The molecule has 0 spiro atoms. The Bertz CT molecular complexity index is 561. The Hall–Kier alpha value is -1.10. The molecule has 0 aliphatic heterocycles. The number of anilines is 1. The van der Waals surface area contributed by atoms with Gasteiger partial charge in [-0.25, -0.2) is 18.1 Å². The molecule has 7 nitrogen and oxygen atoms in total. The molecule has 0 saturated heterocycles. The largest absolute Gasteiger partial charge is 0.374 e. The van der Waals surface area contributed by atoms with Crippen molar-refractivity contribution in [3.8, 4) is 0 Å². The van der Waals surface area contributed by atoms with Crippen LogP contribution >= 0.6 is 22.7 Å². The quantitative estimate of drug-likeness (QED) is 0.817. The summed E-state index contributed by atoms with van der Waals surface area (Å²) in [5.74, 6) is 0. The highest BCUT2D eigenvalue weighted by Crippen LogP contribution is 2.16. The van der Waals surface area contributed by atoms with E-state index < -0.39 is 10.0 Å². The van der Waals surface area contributed by atoms with Crippen LogP contribution in [-0.4, -0.2) is 23.6 Å². The third-order valence-electron chi connectivity index (χ3n) is 1.55. The Kier molecular flexibility index (Phi) is 3.14. The highest BCUT2D eigenvalue weighted by Gasteiger charge is 2.19. The number of rotatable bonds is 4. The van der Waals surface area contributed by atoms with Crippen LogP contribution in [-0.2, 0) is 16.6 Å². The van der Waals surface area contributed by atoms with E-state index in [2.05, 4.69) is 19.9 Å². The van der Waals surface area contributed by atoms with Crippen molar-refractivity contribution < 1.29 is 8.42 Å². The van der Waals surface area contributed by atoms with Crippen LogP contribution in [0.5, 0.6) is 0 Å². The summed E-state index contributed by atoms with van der Waals surface area (Å²) >= 11 is 2.19. The van der Waals surface area contributed by atoms with Gasteiger partial charge in [0.15, 0.2) is 0 Å². The van der Waals surface area contributed by atoms with Crippen molar-refractivity contribution in [2.75, 3.05) is 5.73 Å². The standard InChI is InChI=1S/C6H7N5O2S3/c7-5-10-11-6(15-5)16(12,13)9-3-4-8-1-2-14-4/h1-2,9H,3H2,(H2,7,10). The van der Waals surface area contributed by atoms with Gasteiger partial charge in [0, 0.05) is 11.6 Å². The topological polar surface area (TPSA) is 111 Å². The summed E-state index contributed by atoms with van der Waals surface area (Å²) in [6.45, 7) is 0.138. The molecule has 0 amide bonds. The Morgan fingerprint density at radius 2 is 2.25 bits per heavy atom. The van der Waals surface area contributed by atoms with Crippen molar-refractivity contribution in [1.29, 1.82) is 0 Å². The SMILES string of the molecule is Nc1nnc(S(=O)(=O)NCc2nccs2)s1. The van der Waals surface area contributed by atoms with E-state index in [1.807, 2.05) is 0 Å². The predicted octanol–water partition coefficient (Wildman–Crippen LogP) is 0.0553. The summed E-state index contributed by atoms with van der Waals surface area (Å²) in [5.41, 5.74) is 5.31. The van der Waals surface area contributed by atoms with E-state index in [0.717, 1.165) is 11.3 Å². The average molecular weight is 277 g/mol. The van der Waals surface area contributed by atoms with Gasteiger partial charge >= 0.3 is 0 Å². The molecule has 0 aliphatic carbocycles. The van der Waals surface area contributed by atoms with E-state index in [9.17, 15) is 8.42 Å². The highest BCUT2D eigenvalue weighted by molar-refractivity contribution is 7.91. The number of hydrogen-bond donors (Lipinski definition) is 2. The Morgan fingerprint density at radius 1 is 1.44 bits per heavy atom. The van der Waals surface area contributed by atoms with Gasteiger partial charge in [-0.3, -0.25) is 0 Å². The lowest BCUT2D eigenvalue weighted by atomic mass is 10.7. The molecule has 2 heterocycles. The summed E-state index contributed by atoms with van der Waals surface area (Å²) in [4.78, 5) is 3.95. The van der Waals surface area contributed by atoms with Crippen LogP contribution in [0.1, 0.15) is 5.01 Å². The maximum absolute atomic E-state index is 11.7. The van der Waals surface area contributed by atoms with Crippen LogP contribution in [0.2, 0.25) is 0 Å². The summed E-state index contributed by atoms with van der Waals surface area (Å²) in [7, 11) is -3.63. The van der Waals surface area contributed by atoms with E-state index in [0.29, 0.717) is 5.01 Å². The van der Waals surface area contributed by atoms with Gasteiger partial charge in [0.1, 0.15) is 5.01 Å². The number of sulfonamides is 1. The minimum atomic E-state index is -3.63. The van der Waals surface area contributed by atoms with E-state index in [1.165, 1.54) is 11.3 Å². The van der Waals surface area contributed by atoms with Gasteiger partial charge in [-0.1, -0.05) is 11.3 Å². The van der Waals surface area contributed by atoms with Crippen LogP contribution < -0.4 is 10.5 Å². The molecule has 2 aromatic rings. The smallest absolute Gasteiger partial charge is 0.270 e. The molecule has 2 rings (SSSR count). The fourth-order valence-corrected chi connectivity index (χ4v) is 3.35. The first-order chi connectivity index (χ1) is 7.58. The number of thiazole rings is 1. The fraction of sp³-hybridized carbons (Fsp3) is 0.167. The van der Waals surface area contributed by atoms with Crippen molar-refractivity contribution in [2.45, 2.75) is 10.9 Å². The van der Waals surface area contributed by atoms with E-state index in [4.69, 9.17) is 5.73 Å². The molecule has 0 atom stereocenters. The molecule has 0 saturated carbocycles. The molecule has 0 aromatic carbocycles. The Balaban J connectivity index is 2.09. The van der Waals surface area contributed by atoms with Gasteiger partial charge < -0.3 is 5.73 Å². The van der Waals surface area contributed by atoms with E-state index in [-0.39, 0.29) is 16.0 Å². The maximum atomic E-state index is 11.7. The van der Waals surface area contributed by atoms with Crippen LogP contribution in [0.4, 0.5) is 5.13 Å². The van der Waals surface area contributed by atoms with E-state index >= 15 is 0 Å². The second kappa shape index (κ2) is 4.41. The van der Waals surface area contributed by atoms with Crippen molar-refractivity contribution in [3.05, 3.63) is 16.6 Å². The predicted molar refractivity (Wildman–Crippen MR) is 60.5 cm³/mol. The van der Waals surface area contributed by atoms with Crippen LogP contribution in [0.25, 0.3) is 0 Å². The monoisotopic (exact) mass is 277 g/mol. The molecule has 0 unspecified atom stereocenters. The minimum Gasteiger partial charge on any atom is -0.374 e. The molecule has 0 fully saturated rings. The zero-order valence-corrected chi connectivity index (χ0v) is 10.3. The van der Waals surface area contributed by atoms with Gasteiger partial charge in [-0.2, -0.15) is 0 Å². The van der Waals surface area contributed by atoms with Crippen molar-refractivity contribution >= 4 is 37.8 Å². The van der Waals surface area contributed by atoms with Crippen molar-refractivity contribution in [1.82, 2.24) is 19.9 Å². The number of nitrogens with one attached hydrogen (secondary N) is 1. The lowest BCUT2D eigenvalue weighted by Crippen LogP contribution is -2.23. The molecule has 0 radical (unpaired) electrons. The molecule has 2 aromatic heterocycles. The molecule has 0 bridgehead atoms. The zero-order valence-electron chi connectivity index (χ0n) is 7.82. The first kappa shape index (κ1) is 11.4. The molecular formula is C6H7N5O2S3. The van der Waals surface area contributed by atoms with Gasteiger partial charge in [-0.05, 0) is 0 Å². The Morgan fingerprint density at radius 3 is 2.81 bits per heavy atom. The first-order valence-electron chi connectivity index (χ1n) is 4.05. The number of nitrogen functional groups attached to an aromatic ring is 1. The van der Waals surface area contributed by atoms with Crippen LogP contribution in [0.15, 0.2) is 15.9 Å². The van der Waals surface area contributed by atoms with Crippen molar-refractivity contribution in [3.63, 3.8) is 0 Å². The average Bonchev–Trinajstić information content (AvgIpc) is 2.85. The van der Waals surface area contributed by atoms with Crippen LogP contribution in [0, 0.1) is 0 Å². The second-order valence-corrected chi connectivity index (χ2v) is 6.59. The number of hydrogen-bond acceptors (Lipinski definition) is 8. The molecule has 86 valence electrons. The third-order valence-corrected chi connectivity index (χ3v) is 4.85. The van der Waals surface area contributed by atoms with Crippen LogP contribution in [0.3, 0.4) is 0 Å². The third kappa shape index (κ3) is 2.52. The second-order valence-electron chi connectivity index (χ2n) is 2.66. The lowest BCUT2D eigenvalue weighted by Gasteiger charge is -1.99. The first-order valence-corrected chi connectivity index (χ1v) is 7.23. The zero-order chi connectivity index (χ0) is 11.6. The lowest BCUT2D eigenvalue weighted by molar-refractivity contribution is 0.579. The fourth-order valence-electron chi connectivity index (χ4n) is 0.888. The summed E-state index contributed by atoms with van der Waals surface area (Å²) < 4.78 is 25.5. The normalized spacial score (nSPS) is 11.8.